The Bertz CT molecular complexity index is 980. The topological polar surface area (TPSA) is 88.0 Å². The Hall–Kier alpha value is -2.06. The summed E-state index contributed by atoms with van der Waals surface area (Å²) in [6, 6.07) is 8.55. The van der Waals surface area contributed by atoms with Crippen LogP contribution in [0.25, 0.3) is 0 Å². The van der Waals surface area contributed by atoms with Crippen molar-refractivity contribution in [3.05, 3.63) is 51.5 Å². The van der Waals surface area contributed by atoms with Crippen molar-refractivity contribution in [1.29, 1.82) is 0 Å². The molecule has 0 atom stereocenters. The molecule has 0 radical (unpaired) electrons. The lowest BCUT2D eigenvalue weighted by atomic mass is 9.87. The molecule has 0 fully saturated rings. The van der Waals surface area contributed by atoms with Crippen LogP contribution in [0.15, 0.2) is 44.8 Å². The lowest BCUT2D eigenvalue weighted by molar-refractivity contribution is 0.373. The summed E-state index contributed by atoms with van der Waals surface area (Å²) >= 11 is 3.30. The Morgan fingerprint density at radius 1 is 1.22 bits per heavy atom. The second-order valence-electron chi connectivity index (χ2n) is 7.13. The highest BCUT2D eigenvalue weighted by Crippen LogP contribution is 2.32. The highest BCUT2D eigenvalue weighted by molar-refractivity contribution is 9.10. The van der Waals surface area contributed by atoms with Gasteiger partial charge in [-0.25, -0.2) is 4.83 Å². The molecule has 0 bridgehead atoms. The highest BCUT2D eigenvalue weighted by Gasteiger charge is 2.21. The SMILES string of the molecule is COc1cc(Br)cc(/C=N/NS(=O)(=O)c2cc(C(C)(C)C)ccc2C)c1O. The van der Waals surface area contributed by atoms with E-state index in [1.807, 2.05) is 26.8 Å². The molecule has 0 unspecified atom stereocenters. The highest BCUT2D eigenvalue weighted by atomic mass is 79.9. The van der Waals surface area contributed by atoms with Gasteiger partial charge in [0, 0.05) is 10.0 Å². The van der Waals surface area contributed by atoms with Crippen LogP contribution in [0.2, 0.25) is 0 Å². The molecule has 0 aliphatic rings. The van der Waals surface area contributed by atoms with Crippen molar-refractivity contribution in [1.82, 2.24) is 4.83 Å². The number of methoxy groups -OCH3 is 1. The normalized spacial score (nSPS) is 12.4. The summed E-state index contributed by atoms with van der Waals surface area (Å²) in [5, 5.41) is 13.9. The quantitative estimate of drug-likeness (QED) is 0.525. The maximum Gasteiger partial charge on any atom is 0.276 e. The van der Waals surface area contributed by atoms with Gasteiger partial charge in [0.25, 0.3) is 10.0 Å². The number of phenolic OH excluding ortho intramolecular Hbond substituents is 1. The molecule has 0 saturated carbocycles. The standard InChI is InChI=1S/C19H23BrN2O4S/c1-12-6-7-14(19(2,3)4)9-17(12)27(24,25)22-21-11-13-8-15(20)10-16(26-5)18(13)23/h6-11,22-23H,1-5H3/b21-11+. The predicted molar refractivity (Wildman–Crippen MR) is 110 cm³/mol. The molecule has 2 aromatic rings. The molecule has 2 N–H and O–H groups in total. The van der Waals surface area contributed by atoms with Gasteiger partial charge in [0.1, 0.15) is 0 Å². The van der Waals surface area contributed by atoms with E-state index < -0.39 is 10.0 Å². The van der Waals surface area contributed by atoms with E-state index in [1.54, 1.807) is 31.2 Å². The average molecular weight is 455 g/mol. The summed E-state index contributed by atoms with van der Waals surface area (Å²) < 4.78 is 31.1. The number of hydrogen-bond donors (Lipinski definition) is 2. The van der Waals surface area contributed by atoms with Gasteiger partial charge in [-0.2, -0.15) is 13.5 Å². The number of halogens is 1. The van der Waals surface area contributed by atoms with Gasteiger partial charge in [-0.05, 0) is 41.7 Å². The van der Waals surface area contributed by atoms with E-state index in [4.69, 9.17) is 4.74 Å². The molecule has 27 heavy (non-hydrogen) atoms. The summed E-state index contributed by atoms with van der Waals surface area (Å²) in [4.78, 5) is 2.37. The lowest BCUT2D eigenvalue weighted by Gasteiger charge is -2.20. The molecule has 6 nitrogen and oxygen atoms in total. The van der Waals surface area contributed by atoms with Crippen molar-refractivity contribution >= 4 is 32.2 Å². The number of ether oxygens (including phenoxy) is 1. The molecule has 2 aromatic carbocycles. The third kappa shape index (κ3) is 5.01. The minimum absolute atomic E-state index is 0.130. The summed E-state index contributed by atoms with van der Waals surface area (Å²) in [7, 11) is -2.43. The largest absolute Gasteiger partial charge is 0.504 e. The van der Waals surface area contributed by atoms with Crippen molar-refractivity contribution in [3.8, 4) is 11.5 Å². The van der Waals surface area contributed by atoms with Gasteiger partial charge in [-0.3, -0.25) is 0 Å². The van der Waals surface area contributed by atoms with Crippen molar-refractivity contribution in [2.45, 2.75) is 38.0 Å². The average Bonchev–Trinajstić information content (AvgIpc) is 2.56. The maximum atomic E-state index is 12.7. The van der Waals surface area contributed by atoms with E-state index in [0.29, 0.717) is 15.6 Å². The first-order valence-corrected chi connectivity index (χ1v) is 10.5. The van der Waals surface area contributed by atoms with Crippen LogP contribution in [0.1, 0.15) is 37.5 Å². The van der Waals surface area contributed by atoms with Crippen LogP contribution >= 0.6 is 15.9 Å². The Labute approximate surface area is 168 Å². The fourth-order valence-electron chi connectivity index (χ4n) is 2.42. The monoisotopic (exact) mass is 454 g/mol. The van der Waals surface area contributed by atoms with Crippen LogP contribution in [-0.2, 0) is 15.4 Å². The summed E-state index contributed by atoms with van der Waals surface area (Å²) in [6.45, 7) is 7.78. The van der Waals surface area contributed by atoms with E-state index in [0.717, 1.165) is 5.56 Å². The third-order valence-corrected chi connectivity index (χ3v) is 5.83. The van der Waals surface area contributed by atoms with Gasteiger partial charge >= 0.3 is 0 Å². The lowest BCUT2D eigenvalue weighted by Crippen LogP contribution is -2.21. The Balaban J connectivity index is 2.33. The molecular formula is C19H23BrN2O4S. The van der Waals surface area contributed by atoms with Crippen LogP contribution in [0.5, 0.6) is 11.5 Å². The molecule has 0 aromatic heterocycles. The Kier molecular flexibility index (Phi) is 6.21. The second-order valence-corrected chi connectivity index (χ2v) is 9.67. The van der Waals surface area contributed by atoms with Crippen LogP contribution in [0.4, 0.5) is 0 Å². The van der Waals surface area contributed by atoms with Crippen LogP contribution in [0.3, 0.4) is 0 Å². The zero-order valence-corrected chi connectivity index (χ0v) is 18.3. The van der Waals surface area contributed by atoms with Crippen LogP contribution < -0.4 is 9.57 Å². The second kappa shape index (κ2) is 7.90. The van der Waals surface area contributed by atoms with Gasteiger partial charge < -0.3 is 9.84 Å². The minimum Gasteiger partial charge on any atom is -0.504 e. The zero-order chi connectivity index (χ0) is 20.4. The van der Waals surface area contributed by atoms with E-state index in [9.17, 15) is 13.5 Å². The van der Waals surface area contributed by atoms with E-state index in [2.05, 4.69) is 25.9 Å². The van der Waals surface area contributed by atoms with Crippen LogP contribution in [-0.4, -0.2) is 26.8 Å². The molecular weight excluding hydrogens is 432 g/mol. The Morgan fingerprint density at radius 2 is 1.89 bits per heavy atom. The zero-order valence-electron chi connectivity index (χ0n) is 15.9. The maximum absolute atomic E-state index is 12.7. The van der Waals surface area contributed by atoms with Crippen molar-refractivity contribution in [2.75, 3.05) is 7.11 Å². The number of phenols is 1. The first-order valence-electron chi connectivity index (χ1n) is 8.18. The molecule has 146 valence electrons. The summed E-state index contributed by atoms with van der Waals surface area (Å²) in [6.07, 6.45) is 1.23. The number of nitrogens with zero attached hydrogens (tertiary/aromatic N) is 1. The molecule has 0 heterocycles. The third-order valence-electron chi connectivity index (χ3n) is 4.01. The van der Waals surface area contributed by atoms with Gasteiger partial charge in [0.15, 0.2) is 11.5 Å². The smallest absolute Gasteiger partial charge is 0.276 e. The number of aromatic hydroxyl groups is 1. The van der Waals surface area contributed by atoms with Gasteiger partial charge in [-0.1, -0.05) is 48.8 Å². The van der Waals surface area contributed by atoms with E-state index in [1.165, 1.54) is 13.3 Å². The number of nitrogens with one attached hydrogen (secondary N) is 1. The summed E-state index contributed by atoms with van der Waals surface area (Å²) in [5.41, 5.74) is 1.66. The van der Waals surface area contributed by atoms with Crippen LogP contribution in [0, 0.1) is 6.92 Å². The van der Waals surface area contributed by atoms with E-state index >= 15 is 0 Å². The number of hydrazone groups is 1. The molecule has 0 amide bonds. The molecule has 0 aliphatic heterocycles. The fraction of sp³-hybridized carbons (Fsp3) is 0.316. The molecule has 8 heteroatoms. The number of benzene rings is 2. The number of aryl methyl sites for hydroxylation is 1. The number of hydrogen-bond acceptors (Lipinski definition) is 5. The Morgan fingerprint density at radius 3 is 2.48 bits per heavy atom. The van der Waals surface area contributed by atoms with Crippen molar-refractivity contribution in [3.63, 3.8) is 0 Å². The minimum atomic E-state index is -3.86. The van der Waals surface area contributed by atoms with Gasteiger partial charge in [0.2, 0.25) is 0 Å². The molecule has 0 spiro atoms. The predicted octanol–water partition coefficient (Wildman–Crippen LogP) is 4.08. The van der Waals surface area contributed by atoms with Gasteiger partial charge in [-0.15, -0.1) is 0 Å². The molecule has 0 aliphatic carbocycles. The van der Waals surface area contributed by atoms with Gasteiger partial charge in [0.05, 0.1) is 18.2 Å². The number of sulfonamides is 1. The first-order chi connectivity index (χ1) is 12.5. The number of rotatable bonds is 5. The fourth-order valence-corrected chi connectivity index (χ4v) is 3.94. The van der Waals surface area contributed by atoms with E-state index in [-0.39, 0.29) is 21.8 Å². The molecule has 2 rings (SSSR count). The molecule has 0 saturated heterocycles. The first kappa shape index (κ1) is 21.2. The van der Waals surface area contributed by atoms with Crippen molar-refractivity contribution in [2.24, 2.45) is 5.10 Å². The van der Waals surface area contributed by atoms with Crippen molar-refractivity contribution < 1.29 is 18.3 Å². The summed E-state index contributed by atoms with van der Waals surface area (Å²) in [5.74, 6) is 0.122.